The highest BCUT2D eigenvalue weighted by atomic mass is 15.3. The quantitative estimate of drug-likeness (QED) is 0.712. The van der Waals surface area contributed by atoms with Crippen LogP contribution in [-0.2, 0) is 6.42 Å². The molecule has 0 saturated heterocycles. The van der Waals surface area contributed by atoms with E-state index in [2.05, 4.69) is 54.7 Å². The van der Waals surface area contributed by atoms with Crippen LogP contribution in [0.2, 0.25) is 0 Å². The number of hydrogen-bond donors (Lipinski definition) is 1. The SMILES string of the molecule is CCCCC(CC)(CNCC)Cc1ncnn1C(C)C. The molecule has 1 atom stereocenters. The lowest BCUT2D eigenvalue weighted by Gasteiger charge is -2.33. The van der Waals surface area contributed by atoms with E-state index in [0.29, 0.717) is 11.5 Å². The molecular formula is C16H32N4. The maximum atomic E-state index is 4.51. The standard InChI is InChI=1S/C16H32N4/c1-6-9-10-16(7-2,12-17-8-3)11-15-18-13-19-20(15)14(4)5/h13-14,17H,6-12H2,1-5H3. The Morgan fingerprint density at radius 2 is 2.05 bits per heavy atom. The molecule has 1 aromatic heterocycles. The molecular weight excluding hydrogens is 248 g/mol. The first-order chi connectivity index (χ1) is 9.58. The van der Waals surface area contributed by atoms with Gasteiger partial charge in [-0.05, 0) is 38.6 Å². The van der Waals surface area contributed by atoms with Crippen LogP contribution in [0.1, 0.15) is 72.2 Å². The predicted octanol–water partition coefficient (Wildman–Crippen LogP) is 3.60. The van der Waals surface area contributed by atoms with Crippen molar-refractivity contribution in [2.45, 2.75) is 72.8 Å². The van der Waals surface area contributed by atoms with Crippen molar-refractivity contribution in [3.8, 4) is 0 Å². The van der Waals surface area contributed by atoms with Gasteiger partial charge in [-0.15, -0.1) is 0 Å². The van der Waals surface area contributed by atoms with Gasteiger partial charge in [0.05, 0.1) is 0 Å². The van der Waals surface area contributed by atoms with Crippen LogP contribution in [0.3, 0.4) is 0 Å². The van der Waals surface area contributed by atoms with Crippen molar-refractivity contribution in [1.29, 1.82) is 0 Å². The molecule has 0 aliphatic carbocycles. The average molecular weight is 280 g/mol. The minimum absolute atomic E-state index is 0.311. The van der Waals surface area contributed by atoms with Gasteiger partial charge in [-0.1, -0.05) is 33.6 Å². The molecule has 0 bridgehead atoms. The van der Waals surface area contributed by atoms with Crippen molar-refractivity contribution in [2.24, 2.45) is 5.41 Å². The lowest BCUT2D eigenvalue weighted by atomic mass is 9.77. The Bertz CT molecular complexity index is 362. The van der Waals surface area contributed by atoms with Gasteiger partial charge in [0.15, 0.2) is 0 Å². The van der Waals surface area contributed by atoms with Gasteiger partial charge < -0.3 is 5.32 Å². The van der Waals surface area contributed by atoms with Gasteiger partial charge in [-0.3, -0.25) is 0 Å². The fourth-order valence-corrected chi connectivity index (χ4v) is 2.78. The molecule has 4 heteroatoms. The van der Waals surface area contributed by atoms with Crippen LogP contribution in [0.5, 0.6) is 0 Å². The summed E-state index contributed by atoms with van der Waals surface area (Å²) in [6.07, 6.45) is 7.71. The fraction of sp³-hybridized carbons (Fsp3) is 0.875. The molecule has 1 rings (SSSR count). The molecule has 1 aromatic rings. The summed E-state index contributed by atoms with van der Waals surface area (Å²) in [6, 6.07) is 0.382. The van der Waals surface area contributed by atoms with E-state index in [0.717, 1.165) is 25.3 Å². The summed E-state index contributed by atoms with van der Waals surface area (Å²) in [6.45, 7) is 13.2. The van der Waals surface area contributed by atoms with Crippen molar-refractivity contribution in [3.05, 3.63) is 12.2 Å². The Morgan fingerprint density at radius 3 is 2.60 bits per heavy atom. The Morgan fingerprint density at radius 1 is 1.30 bits per heavy atom. The Labute approximate surface area is 124 Å². The van der Waals surface area contributed by atoms with Crippen LogP contribution in [0, 0.1) is 5.41 Å². The van der Waals surface area contributed by atoms with E-state index in [1.807, 2.05) is 0 Å². The number of nitrogens with zero attached hydrogens (tertiary/aromatic N) is 3. The molecule has 0 aliphatic rings. The third-order valence-electron chi connectivity index (χ3n) is 4.23. The van der Waals surface area contributed by atoms with Crippen molar-refractivity contribution in [1.82, 2.24) is 20.1 Å². The van der Waals surface area contributed by atoms with Crippen LogP contribution >= 0.6 is 0 Å². The molecule has 1 unspecified atom stereocenters. The number of rotatable bonds is 10. The molecule has 20 heavy (non-hydrogen) atoms. The second-order valence-corrected chi connectivity index (χ2v) is 6.13. The van der Waals surface area contributed by atoms with Crippen LogP contribution in [-0.4, -0.2) is 27.9 Å². The fourth-order valence-electron chi connectivity index (χ4n) is 2.78. The monoisotopic (exact) mass is 280 g/mol. The minimum atomic E-state index is 0.311. The highest BCUT2D eigenvalue weighted by Gasteiger charge is 2.29. The zero-order valence-corrected chi connectivity index (χ0v) is 13.9. The summed E-state index contributed by atoms with van der Waals surface area (Å²) in [4.78, 5) is 4.51. The molecule has 0 aromatic carbocycles. The summed E-state index contributed by atoms with van der Waals surface area (Å²) in [5, 5.41) is 7.93. The van der Waals surface area contributed by atoms with Crippen molar-refractivity contribution in [3.63, 3.8) is 0 Å². The summed E-state index contributed by atoms with van der Waals surface area (Å²) in [7, 11) is 0. The van der Waals surface area contributed by atoms with Gasteiger partial charge >= 0.3 is 0 Å². The summed E-state index contributed by atoms with van der Waals surface area (Å²) < 4.78 is 2.07. The Hall–Kier alpha value is -0.900. The third kappa shape index (κ3) is 4.58. The molecule has 1 heterocycles. The first kappa shape index (κ1) is 17.2. The molecule has 0 radical (unpaired) electrons. The van der Waals surface area contributed by atoms with Crippen LogP contribution < -0.4 is 5.32 Å². The number of unbranched alkanes of at least 4 members (excludes halogenated alkanes) is 1. The van der Waals surface area contributed by atoms with E-state index in [1.165, 1.54) is 25.7 Å². The molecule has 0 amide bonds. The maximum Gasteiger partial charge on any atom is 0.138 e. The Balaban J connectivity index is 2.88. The average Bonchev–Trinajstić information content (AvgIpc) is 2.90. The minimum Gasteiger partial charge on any atom is -0.316 e. The van der Waals surface area contributed by atoms with Crippen LogP contribution in [0.25, 0.3) is 0 Å². The molecule has 1 N–H and O–H groups in total. The van der Waals surface area contributed by atoms with E-state index in [1.54, 1.807) is 6.33 Å². The van der Waals surface area contributed by atoms with Gasteiger partial charge in [0, 0.05) is 19.0 Å². The van der Waals surface area contributed by atoms with E-state index < -0.39 is 0 Å². The van der Waals surface area contributed by atoms with E-state index >= 15 is 0 Å². The van der Waals surface area contributed by atoms with Gasteiger partial charge in [-0.2, -0.15) is 5.10 Å². The number of aromatic nitrogens is 3. The smallest absolute Gasteiger partial charge is 0.138 e. The molecule has 0 aliphatic heterocycles. The molecule has 0 spiro atoms. The summed E-state index contributed by atoms with van der Waals surface area (Å²) in [5.41, 5.74) is 0.311. The normalized spacial score (nSPS) is 14.7. The van der Waals surface area contributed by atoms with Gasteiger partial charge in [0.25, 0.3) is 0 Å². The third-order valence-corrected chi connectivity index (χ3v) is 4.23. The molecule has 4 nitrogen and oxygen atoms in total. The van der Waals surface area contributed by atoms with E-state index in [-0.39, 0.29) is 0 Å². The molecule has 0 fully saturated rings. The van der Waals surface area contributed by atoms with Crippen molar-refractivity contribution in [2.75, 3.05) is 13.1 Å². The first-order valence-electron chi connectivity index (χ1n) is 8.17. The van der Waals surface area contributed by atoms with Gasteiger partial charge in [0.1, 0.15) is 12.2 Å². The zero-order chi connectivity index (χ0) is 15.0. The summed E-state index contributed by atoms with van der Waals surface area (Å²) in [5.74, 6) is 1.14. The highest BCUT2D eigenvalue weighted by molar-refractivity contribution is 4.96. The topological polar surface area (TPSA) is 42.7 Å². The second kappa shape index (κ2) is 8.40. The van der Waals surface area contributed by atoms with Crippen LogP contribution in [0.15, 0.2) is 6.33 Å². The zero-order valence-electron chi connectivity index (χ0n) is 13.9. The van der Waals surface area contributed by atoms with Gasteiger partial charge in [0.2, 0.25) is 0 Å². The number of hydrogen-bond acceptors (Lipinski definition) is 3. The second-order valence-electron chi connectivity index (χ2n) is 6.13. The van der Waals surface area contributed by atoms with Crippen molar-refractivity contribution < 1.29 is 0 Å². The molecule has 116 valence electrons. The highest BCUT2D eigenvalue weighted by Crippen LogP contribution is 2.32. The van der Waals surface area contributed by atoms with Gasteiger partial charge in [-0.25, -0.2) is 9.67 Å². The van der Waals surface area contributed by atoms with Crippen molar-refractivity contribution >= 4 is 0 Å². The number of nitrogens with one attached hydrogen (secondary N) is 1. The molecule has 0 saturated carbocycles. The first-order valence-corrected chi connectivity index (χ1v) is 8.17. The van der Waals surface area contributed by atoms with Crippen LogP contribution in [0.4, 0.5) is 0 Å². The maximum absolute atomic E-state index is 4.51. The largest absolute Gasteiger partial charge is 0.316 e. The summed E-state index contributed by atoms with van der Waals surface area (Å²) >= 11 is 0. The lowest BCUT2D eigenvalue weighted by molar-refractivity contribution is 0.221. The lowest BCUT2D eigenvalue weighted by Crippen LogP contribution is -2.37. The predicted molar refractivity (Wildman–Crippen MR) is 84.9 cm³/mol. The van der Waals surface area contributed by atoms with E-state index in [4.69, 9.17) is 0 Å². The van der Waals surface area contributed by atoms with E-state index in [9.17, 15) is 0 Å². The Kier molecular flexibility index (Phi) is 7.20.